The van der Waals surface area contributed by atoms with Crippen LogP contribution in [0.25, 0.3) is 71.6 Å². The van der Waals surface area contributed by atoms with Gasteiger partial charge < -0.3 is 9.80 Å². The Kier molecular flexibility index (Phi) is 12.4. The Morgan fingerprint density at radius 1 is 0.407 bits per heavy atom. The standard InChI is InChI=1S/C79H68N2/c1-11-15-32-51(14-4)55-37-26-28-43-71(55)80(53(30-12-2)31-13-3)73-49-69-75(59-41-24-22-39-57(59)73)63-47-65-61(45-67(63)78(69,7)8)62-46-68-64(48-66(62)77(65,5)6)76-60-42-25-23-40-58(60)74(50-70(76)79(68,9)10)81(54-35-20-17-21-36-54)72-44-29-27-38-56(72)52-33-18-16-19-34-52/h11-50H,2,4H2,1,3,5-10H3/b15-11-,31-13-,51-32+,53-30+. The van der Waals surface area contributed by atoms with Gasteiger partial charge in [0.15, 0.2) is 0 Å². The van der Waals surface area contributed by atoms with Crippen LogP contribution in [0.15, 0.2) is 262 Å². The molecule has 0 bridgehead atoms. The SMILES string of the molecule is C=C/C=C(\C=C/C)N(c1ccccc1/C(C=C)=C/C=C\C)c1cc2c(c3ccccc13)-c1cc3c(cc1C2(C)C)-c1cc2c(cc1C3(C)C)-c1c(cc(N(c3ccccc3)c3ccccc3-c3ccccc3)c3ccccc13)C2(C)C. The van der Waals surface area contributed by atoms with Gasteiger partial charge in [-0.05, 0) is 175 Å². The van der Waals surface area contributed by atoms with E-state index in [0.29, 0.717) is 0 Å². The summed E-state index contributed by atoms with van der Waals surface area (Å²) in [6.07, 6.45) is 16.6. The van der Waals surface area contributed by atoms with E-state index in [1.807, 2.05) is 19.1 Å². The number of hydrogen-bond donors (Lipinski definition) is 0. The van der Waals surface area contributed by atoms with Gasteiger partial charge in [0.25, 0.3) is 0 Å². The molecule has 0 spiro atoms. The van der Waals surface area contributed by atoms with E-state index in [1.165, 1.54) is 105 Å². The molecule has 0 heterocycles. The topological polar surface area (TPSA) is 6.48 Å². The van der Waals surface area contributed by atoms with Crippen LogP contribution in [0.2, 0.25) is 0 Å². The van der Waals surface area contributed by atoms with Gasteiger partial charge in [-0.15, -0.1) is 0 Å². The predicted octanol–water partition coefficient (Wildman–Crippen LogP) is 22.0. The monoisotopic (exact) mass is 1040 g/mol. The van der Waals surface area contributed by atoms with Gasteiger partial charge in [-0.3, -0.25) is 0 Å². The van der Waals surface area contributed by atoms with Crippen LogP contribution in [-0.4, -0.2) is 0 Å². The summed E-state index contributed by atoms with van der Waals surface area (Å²) in [5.74, 6) is 0. The second-order valence-corrected chi connectivity index (χ2v) is 23.6. The Bertz CT molecular complexity index is 4360. The lowest BCUT2D eigenvalue weighted by Crippen LogP contribution is -2.20. The van der Waals surface area contributed by atoms with Crippen LogP contribution in [0.1, 0.15) is 94.3 Å². The zero-order valence-electron chi connectivity index (χ0n) is 47.9. The van der Waals surface area contributed by atoms with E-state index in [4.69, 9.17) is 0 Å². The van der Waals surface area contributed by atoms with Crippen LogP contribution < -0.4 is 9.80 Å². The second kappa shape index (κ2) is 19.5. The average Bonchev–Trinajstić information content (AvgIpc) is 4.06. The summed E-state index contributed by atoms with van der Waals surface area (Å²) in [6.45, 7) is 27.3. The van der Waals surface area contributed by atoms with Gasteiger partial charge in [0.2, 0.25) is 0 Å². The predicted molar refractivity (Wildman–Crippen MR) is 349 cm³/mol. The first-order chi connectivity index (χ1) is 39.3. The highest BCUT2D eigenvalue weighted by Crippen LogP contribution is 2.62. The Hall–Kier alpha value is -9.24. The molecule has 3 aliphatic rings. The Labute approximate surface area is 479 Å². The number of benzene rings is 10. The van der Waals surface area contributed by atoms with Crippen molar-refractivity contribution in [3.8, 4) is 44.5 Å². The number of anilines is 5. The lowest BCUT2D eigenvalue weighted by molar-refractivity contribution is 0.649. The van der Waals surface area contributed by atoms with Crippen LogP contribution >= 0.6 is 0 Å². The number of para-hydroxylation sites is 3. The smallest absolute Gasteiger partial charge is 0.0543 e. The van der Waals surface area contributed by atoms with Gasteiger partial charge in [-0.25, -0.2) is 0 Å². The molecule has 2 heteroatoms. The van der Waals surface area contributed by atoms with Crippen molar-refractivity contribution in [1.29, 1.82) is 0 Å². The van der Waals surface area contributed by atoms with Gasteiger partial charge in [-0.2, -0.15) is 0 Å². The van der Waals surface area contributed by atoms with Crippen LogP contribution in [0.3, 0.4) is 0 Å². The number of rotatable bonds is 12. The fraction of sp³-hybridized carbons (Fsp3) is 0.139. The molecule has 3 aliphatic carbocycles. The first kappa shape index (κ1) is 51.2. The lowest BCUT2D eigenvalue weighted by Gasteiger charge is -2.32. The molecule has 0 unspecified atom stereocenters. The van der Waals surface area contributed by atoms with Gasteiger partial charge >= 0.3 is 0 Å². The second-order valence-electron chi connectivity index (χ2n) is 23.6. The minimum Gasteiger partial charge on any atom is -0.309 e. The summed E-state index contributed by atoms with van der Waals surface area (Å²) in [5, 5.41) is 4.94. The molecular formula is C79H68N2. The molecule has 0 saturated heterocycles. The first-order valence-electron chi connectivity index (χ1n) is 28.6. The van der Waals surface area contributed by atoms with Crippen LogP contribution in [0, 0.1) is 0 Å². The maximum Gasteiger partial charge on any atom is 0.0543 e. The molecule has 0 N–H and O–H groups in total. The summed E-state index contributed by atoms with van der Waals surface area (Å²) >= 11 is 0. The molecule has 2 nitrogen and oxygen atoms in total. The summed E-state index contributed by atoms with van der Waals surface area (Å²) in [5.41, 5.74) is 26.5. The van der Waals surface area contributed by atoms with Crippen LogP contribution in [0.5, 0.6) is 0 Å². The largest absolute Gasteiger partial charge is 0.309 e. The zero-order valence-corrected chi connectivity index (χ0v) is 47.9. The van der Waals surface area contributed by atoms with Crippen molar-refractivity contribution in [3.05, 3.63) is 301 Å². The highest BCUT2D eigenvalue weighted by Gasteiger charge is 2.46. The minimum absolute atomic E-state index is 0.272. The molecule has 81 heavy (non-hydrogen) atoms. The van der Waals surface area contributed by atoms with E-state index >= 15 is 0 Å². The molecule has 10 aromatic carbocycles. The summed E-state index contributed by atoms with van der Waals surface area (Å²) in [6, 6.07) is 72.8. The molecule has 0 aromatic heterocycles. The van der Waals surface area contributed by atoms with Gasteiger partial charge in [0, 0.05) is 49.5 Å². The Morgan fingerprint density at radius 3 is 1.44 bits per heavy atom. The van der Waals surface area contributed by atoms with Crippen molar-refractivity contribution in [2.75, 3.05) is 9.80 Å². The normalized spacial score (nSPS) is 15.1. The van der Waals surface area contributed by atoms with E-state index in [-0.39, 0.29) is 16.2 Å². The van der Waals surface area contributed by atoms with Crippen molar-refractivity contribution in [1.82, 2.24) is 0 Å². The fourth-order valence-electron chi connectivity index (χ4n) is 14.0. The van der Waals surface area contributed by atoms with E-state index in [1.54, 1.807) is 0 Å². The minimum atomic E-state index is -0.330. The van der Waals surface area contributed by atoms with Crippen molar-refractivity contribution in [3.63, 3.8) is 0 Å². The zero-order chi connectivity index (χ0) is 56.0. The molecule has 0 fully saturated rings. The van der Waals surface area contributed by atoms with Crippen molar-refractivity contribution < 1.29 is 0 Å². The summed E-state index contributed by atoms with van der Waals surface area (Å²) in [7, 11) is 0. The molecule has 10 aromatic rings. The molecule has 0 amide bonds. The Balaban J connectivity index is 0.983. The molecular weight excluding hydrogens is 977 g/mol. The van der Waals surface area contributed by atoms with E-state index < -0.39 is 0 Å². The highest BCUT2D eigenvalue weighted by molar-refractivity contribution is 6.13. The van der Waals surface area contributed by atoms with Gasteiger partial charge in [-0.1, -0.05) is 225 Å². The molecule has 0 radical (unpaired) electrons. The van der Waals surface area contributed by atoms with E-state index in [0.717, 1.165) is 39.6 Å². The summed E-state index contributed by atoms with van der Waals surface area (Å²) < 4.78 is 0. The molecule has 0 saturated carbocycles. The molecule has 0 aliphatic heterocycles. The van der Waals surface area contributed by atoms with Crippen LogP contribution in [0.4, 0.5) is 28.4 Å². The molecule has 13 rings (SSSR count). The number of hydrogen-bond acceptors (Lipinski definition) is 2. The van der Waals surface area contributed by atoms with Crippen molar-refractivity contribution >= 4 is 55.6 Å². The van der Waals surface area contributed by atoms with E-state index in [2.05, 4.69) is 302 Å². The Morgan fingerprint density at radius 2 is 0.877 bits per heavy atom. The third-order valence-corrected chi connectivity index (χ3v) is 18.0. The summed E-state index contributed by atoms with van der Waals surface area (Å²) in [4.78, 5) is 4.92. The van der Waals surface area contributed by atoms with Gasteiger partial charge in [0.05, 0.1) is 22.7 Å². The molecule has 394 valence electrons. The maximum absolute atomic E-state index is 4.29. The number of allylic oxidation sites excluding steroid dienone is 9. The average molecular weight is 1050 g/mol. The third-order valence-electron chi connectivity index (χ3n) is 18.0. The van der Waals surface area contributed by atoms with Gasteiger partial charge in [0.1, 0.15) is 0 Å². The maximum atomic E-state index is 4.29. The first-order valence-corrected chi connectivity index (χ1v) is 28.6. The quantitative estimate of drug-likeness (QED) is 0.113. The fourth-order valence-corrected chi connectivity index (χ4v) is 14.0. The number of fused-ring (bicyclic) bond motifs is 13. The molecule has 0 atom stereocenters. The number of nitrogens with zero attached hydrogens (tertiary/aromatic N) is 2. The highest BCUT2D eigenvalue weighted by atomic mass is 15.2. The van der Waals surface area contributed by atoms with Crippen molar-refractivity contribution in [2.45, 2.75) is 71.6 Å². The van der Waals surface area contributed by atoms with Crippen LogP contribution in [-0.2, 0) is 16.2 Å². The lowest BCUT2D eigenvalue weighted by atomic mass is 9.78. The van der Waals surface area contributed by atoms with E-state index in [9.17, 15) is 0 Å². The van der Waals surface area contributed by atoms with Crippen molar-refractivity contribution in [2.24, 2.45) is 0 Å². The third kappa shape index (κ3) is 7.83.